The van der Waals surface area contributed by atoms with Gasteiger partial charge in [-0.15, -0.1) is 0 Å². The summed E-state index contributed by atoms with van der Waals surface area (Å²) in [4.78, 5) is 27.5. The molecule has 0 unspecified atom stereocenters. The fraction of sp³-hybridized carbons (Fsp3) is 0.400. The largest absolute Gasteiger partial charge is 0.494 e. The first-order chi connectivity index (χ1) is 12.1. The predicted octanol–water partition coefficient (Wildman–Crippen LogP) is 3.35. The molecule has 132 valence electrons. The van der Waals surface area contributed by atoms with Crippen molar-refractivity contribution in [1.29, 1.82) is 0 Å². The first-order valence-electron chi connectivity index (χ1n) is 8.78. The van der Waals surface area contributed by atoms with Crippen LogP contribution in [0.15, 0.2) is 24.3 Å². The Labute approximate surface area is 147 Å². The summed E-state index contributed by atoms with van der Waals surface area (Å²) in [5, 5.41) is 2.90. The molecule has 0 saturated carbocycles. The van der Waals surface area contributed by atoms with E-state index < -0.39 is 0 Å². The number of benzene rings is 1. The van der Waals surface area contributed by atoms with Gasteiger partial charge in [0.05, 0.1) is 6.61 Å². The first kappa shape index (κ1) is 17.3. The Morgan fingerprint density at radius 1 is 1.28 bits per heavy atom. The zero-order chi connectivity index (χ0) is 17.8. The first-order valence-corrected chi connectivity index (χ1v) is 8.78. The maximum Gasteiger partial charge on any atom is 0.268 e. The van der Waals surface area contributed by atoms with Crippen LogP contribution < -0.4 is 10.1 Å². The molecule has 5 heteroatoms. The van der Waals surface area contributed by atoms with Crippen LogP contribution in [0.25, 0.3) is 0 Å². The molecule has 1 aliphatic carbocycles. The quantitative estimate of drug-likeness (QED) is 0.792. The maximum absolute atomic E-state index is 12.4. The van der Waals surface area contributed by atoms with Crippen molar-refractivity contribution in [1.82, 2.24) is 10.3 Å². The van der Waals surface area contributed by atoms with Crippen LogP contribution in [0.3, 0.4) is 0 Å². The van der Waals surface area contributed by atoms with E-state index in [0.717, 1.165) is 47.4 Å². The molecule has 0 radical (unpaired) electrons. The molecule has 25 heavy (non-hydrogen) atoms. The van der Waals surface area contributed by atoms with Gasteiger partial charge in [-0.25, -0.2) is 0 Å². The number of nitrogens with one attached hydrogen (secondary N) is 2. The Balaban J connectivity index is 1.49. The Kier molecular flexibility index (Phi) is 5.22. The van der Waals surface area contributed by atoms with Crippen molar-refractivity contribution in [2.24, 2.45) is 0 Å². The fourth-order valence-corrected chi connectivity index (χ4v) is 3.26. The average molecular weight is 340 g/mol. The lowest BCUT2D eigenvalue weighted by Gasteiger charge is -2.09. The third-order valence-corrected chi connectivity index (χ3v) is 4.53. The fourth-order valence-electron chi connectivity index (χ4n) is 3.26. The lowest BCUT2D eigenvalue weighted by molar-refractivity contribution is 0.0945. The summed E-state index contributed by atoms with van der Waals surface area (Å²) in [6.07, 6.45) is 2.98. The van der Waals surface area contributed by atoms with E-state index in [2.05, 4.69) is 10.3 Å². The summed E-state index contributed by atoms with van der Waals surface area (Å²) in [6.45, 7) is 4.94. The Morgan fingerprint density at radius 2 is 2.12 bits per heavy atom. The summed E-state index contributed by atoms with van der Waals surface area (Å²) < 4.78 is 5.67. The smallest absolute Gasteiger partial charge is 0.268 e. The van der Waals surface area contributed by atoms with E-state index in [1.165, 1.54) is 0 Å². The molecule has 3 rings (SSSR count). The van der Waals surface area contributed by atoms with E-state index in [-0.39, 0.29) is 11.7 Å². The summed E-state index contributed by atoms with van der Waals surface area (Å²) in [5.74, 6) is 0.827. The van der Waals surface area contributed by atoms with E-state index in [4.69, 9.17) is 4.74 Å². The van der Waals surface area contributed by atoms with Crippen LogP contribution >= 0.6 is 0 Å². The van der Waals surface area contributed by atoms with Crippen molar-refractivity contribution in [3.8, 4) is 5.75 Å². The topological polar surface area (TPSA) is 71.2 Å². The number of hydrogen-bond donors (Lipinski definition) is 2. The van der Waals surface area contributed by atoms with Gasteiger partial charge in [0.15, 0.2) is 5.78 Å². The minimum absolute atomic E-state index is 0.139. The van der Waals surface area contributed by atoms with Gasteiger partial charge >= 0.3 is 0 Å². The number of Topliss-reactive ketones (excluding diaryl/α,β-unsaturated/α-hetero) is 1. The Bertz CT molecular complexity index is 792. The van der Waals surface area contributed by atoms with Gasteiger partial charge < -0.3 is 15.0 Å². The van der Waals surface area contributed by atoms with Crippen molar-refractivity contribution < 1.29 is 14.3 Å². The molecular formula is C20H24N2O3. The number of carbonyl (C=O) groups excluding carboxylic acids is 2. The maximum atomic E-state index is 12.4. The highest BCUT2D eigenvalue weighted by molar-refractivity contribution is 6.04. The highest BCUT2D eigenvalue weighted by Crippen LogP contribution is 2.26. The number of amides is 1. The number of H-pyrrole nitrogens is 1. The molecular weight excluding hydrogens is 316 g/mol. The molecule has 2 aromatic rings. The van der Waals surface area contributed by atoms with Crippen LogP contribution in [0.2, 0.25) is 0 Å². The van der Waals surface area contributed by atoms with E-state index in [9.17, 15) is 9.59 Å². The van der Waals surface area contributed by atoms with Gasteiger partial charge in [-0.2, -0.15) is 0 Å². The molecule has 0 fully saturated rings. The van der Waals surface area contributed by atoms with Gasteiger partial charge in [-0.3, -0.25) is 9.59 Å². The van der Waals surface area contributed by atoms with E-state index in [1.54, 1.807) is 0 Å². The minimum atomic E-state index is -0.157. The van der Waals surface area contributed by atoms with Gasteiger partial charge in [-0.1, -0.05) is 12.1 Å². The number of ether oxygens (including phenoxy) is 1. The normalized spacial score (nSPS) is 13.4. The third kappa shape index (κ3) is 3.92. The van der Waals surface area contributed by atoms with Crippen molar-refractivity contribution in [2.45, 2.75) is 39.5 Å². The van der Waals surface area contributed by atoms with E-state index in [0.29, 0.717) is 25.3 Å². The van der Waals surface area contributed by atoms with E-state index >= 15 is 0 Å². The van der Waals surface area contributed by atoms with Gasteiger partial charge in [0.1, 0.15) is 11.4 Å². The predicted molar refractivity (Wildman–Crippen MR) is 96.4 cm³/mol. The van der Waals surface area contributed by atoms with E-state index in [1.807, 2.05) is 38.1 Å². The van der Waals surface area contributed by atoms with Crippen LogP contribution in [0.1, 0.15) is 56.9 Å². The summed E-state index contributed by atoms with van der Waals surface area (Å²) in [7, 11) is 0. The zero-order valence-electron chi connectivity index (χ0n) is 14.8. The number of hydrogen-bond acceptors (Lipinski definition) is 3. The Hall–Kier alpha value is -2.56. The second-order valence-electron chi connectivity index (χ2n) is 6.53. The lowest BCUT2D eigenvalue weighted by atomic mass is 9.94. The second kappa shape index (κ2) is 7.55. The molecule has 1 heterocycles. The van der Waals surface area contributed by atoms with Gasteiger partial charge in [0.2, 0.25) is 0 Å². The molecule has 1 aromatic carbocycles. The summed E-state index contributed by atoms with van der Waals surface area (Å²) in [5.41, 5.74) is 4.07. The Morgan fingerprint density at radius 3 is 2.88 bits per heavy atom. The number of aryl methyl sites for hydroxylation is 2. The monoisotopic (exact) mass is 340 g/mol. The van der Waals surface area contributed by atoms with Crippen molar-refractivity contribution in [3.63, 3.8) is 0 Å². The van der Waals surface area contributed by atoms with Crippen LogP contribution in [0, 0.1) is 13.8 Å². The molecule has 2 N–H and O–H groups in total. The third-order valence-electron chi connectivity index (χ3n) is 4.53. The molecule has 0 saturated heterocycles. The average Bonchev–Trinajstić information content (AvgIpc) is 2.93. The molecule has 0 bridgehead atoms. The van der Waals surface area contributed by atoms with Crippen LogP contribution in [-0.2, 0) is 6.42 Å². The van der Waals surface area contributed by atoms with Crippen molar-refractivity contribution >= 4 is 11.7 Å². The molecule has 0 atom stereocenters. The van der Waals surface area contributed by atoms with Gasteiger partial charge in [-0.05, 0) is 56.4 Å². The SMILES string of the molecule is Cc1cccc(OCCCNC(=O)c2[nH]c3c(c2C)C(=O)CCC3)c1. The van der Waals surface area contributed by atoms with Crippen LogP contribution in [0.5, 0.6) is 5.75 Å². The number of aromatic nitrogens is 1. The molecule has 1 aliphatic rings. The van der Waals surface area contributed by atoms with Gasteiger partial charge in [0, 0.05) is 24.2 Å². The van der Waals surface area contributed by atoms with Gasteiger partial charge in [0.25, 0.3) is 5.91 Å². The zero-order valence-corrected chi connectivity index (χ0v) is 14.8. The highest BCUT2D eigenvalue weighted by Gasteiger charge is 2.26. The number of aromatic amines is 1. The lowest BCUT2D eigenvalue weighted by Crippen LogP contribution is -2.26. The molecule has 5 nitrogen and oxygen atoms in total. The van der Waals surface area contributed by atoms with Crippen molar-refractivity contribution in [2.75, 3.05) is 13.2 Å². The summed E-state index contributed by atoms with van der Waals surface area (Å²) in [6, 6.07) is 7.90. The molecule has 0 aliphatic heterocycles. The number of rotatable bonds is 6. The number of fused-ring (bicyclic) bond motifs is 1. The number of carbonyl (C=O) groups is 2. The van der Waals surface area contributed by atoms with Crippen molar-refractivity contribution in [3.05, 3.63) is 52.3 Å². The minimum Gasteiger partial charge on any atom is -0.494 e. The van der Waals surface area contributed by atoms with Crippen LogP contribution in [-0.4, -0.2) is 29.8 Å². The standard InChI is InChI=1S/C20H24N2O3/c1-13-6-3-7-15(12-13)25-11-5-10-21-20(24)19-14(2)18-16(22-19)8-4-9-17(18)23/h3,6-7,12,22H,4-5,8-11H2,1-2H3,(H,21,24). The second-order valence-corrected chi connectivity index (χ2v) is 6.53. The molecule has 0 spiro atoms. The number of ketones is 1. The molecule has 1 amide bonds. The highest BCUT2D eigenvalue weighted by atomic mass is 16.5. The van der Waals surface area contributed by atoms with Crippen LogP contribution in [0.4, 0.5) is 0 Å². The summed E-state index contributed by atoms with van der Waals surface area (Å²) >= 11 is 0. The molecule has 1 aromatic heterocycles.